The number of halogens is 1. The van der Waals surface area contributed by atoms with Crippen molar-refractivity contribution in [2.24, 2.45) is 0 Å². The zero-order valence-corrected chi connectivity index (χ0v) is 9.57. The van der Waals surface area contributed by atoms with Gasteiger partial charge in [-0.2, -0.15) is 0 Å². The fraction of sp³-hybridized carbons (Fsp3) is 0.750. The van der Waals surface area contributed by atoms with Crippen LogP contribution in [0.5, 0.6) is 0 Å². The second-order valence-corrected chi connectivity index (χ2v) is 6.35. The van der Waals surface area contributed by atoms with Gasteiger partial charge in [0.2, 0.25) is 0 Å². The van der Waals surface area contributed by atoms with Gasteiger partial charge in [-0.15, -0.1) is 0 Å². The van der Waals surface area contributed by atoms with Gasteiger partial charge >= 0.3 is 77.8 Å². The normalized spacial score (nSPS) is 26.2. The number of rotatable bonds is 2. The second kappa shape index (κ2) is 4.58. The fourth-order valence-electron chi connectivity index (χ4n) is 1.13. The molecule has 0 nitrogen and oxygen atoms in total. The van der Waals surface area contributed by atoms with E-state index in [9.17, 15) is 0 Å². The van der Waals surface area contributed by atoms with Crippen LogP contribution in [0.3, 0.4) is 0 Å². The molecule has 0 radical (unpaired) electrons. The molecule has 0 bridgehead atoms. The maximum absolute atomic E-state index is 3.70. The van der Waals surface area contributed by atoms with Gasteiger partial charge < -0.3 is 0 Å². The van der Waals surface area contributed by atoms with Crippen LogP contribution in [0.2, 0.25) is 5.32 Å². The topological polar surface area (TPSA) is 0 Å². The molecular weight excluding hydrogens is 255 g/mol. The van der Waals surface area contributed by atoms with Crippen molar-refractivity contribution in [3.63, 3.8) is 0 Å². The summed E-state index contributed by atoms with van der Waals surface area (Å²) in [6.45, 7) is 2.27. The average Bonchev–Trinajstić information content (AvgIpc) is 1.94. The molecule has 0 heterocycles. The molecule has 0 aromatic rings. The summed E-state index contributed by atoms with van der Waals surface area (Å²) in [7, 11) is 0. The first-order valence-corrected chi connectivity index (χ1v) is 6.80. The third kappa shape index (κ3) is 2.41. The van der Waals surface area contributed by atoms with Gasteiger partial charge in [0.15, 0.2) is 0 Å². The van der Waals surface area contributed by atoms with Crippen molar-refractivity contribution in [2.75, 3.05) is 0 Å². The van der Waals surface area contributed by atoms with Crippen molar-refractivity contribution in [3.05, 3.63) is 10.5 Å². The molecule has 0 amide bonds. The second-order valence-electron chi connectivity index (χ2n) is 2.44. The maximum atomic E-state index is 3.70. The van der Waals surface area contributed by atoms with Crippen LogP contribution >= 0.6 is 15.9 Å². The van der Waals surface area contributed by atoms with E-state index in [0.29, 0.717) is 0 Å². The molecule has 1 rings (SSSR count). The Balaban J connectivity index is 2.44. The quantitative estimate of drug-likeness (QED) is 0.533. The Labute approximate surface area is 77.7 Å². The third-order valence-corrected chi connectivity index (χ3v) is 5.51. The van der Waals surface area contributed by atoms with Gasteiger partial charge in [-0.05, 0) is 0 Å². The summed E-state index contributed by atoms with van der Waals surface area (Å²) < 4.78 is 1.70. The predicted molar refractivity (Wildman–Crippen MR) is 50.9 cm³/mol. The van der Waals surface area contributed by atoms with Crippen LogP contribution in [0.15, 0.2) is 10.5 Å². The van der Waals surface area contributed by atoms with Crippen LogP contribution in [0.4, 0.5) is 0 Å². The van der Waals surface area contributed by atoms with Crippen LogP contribution in [-0.2, 0) is 0 Å². The summed E-state index contributed by atoms with van der Waals surface area (Å²) in [6, 6.07) is 0. The molecule has 0 N–H and O–H groups in total. The minimum absolute atomic E-state index is 0.723. The average molecular weight is 268 g/mol. The first-order chi connectivity index (χ1) is 4.84. The Hall–Kier alpha value is 0.739. The van der Waals surface area contributed by atoms with Crippen molar-refractivity contribution in [1.82, 2.24) is 0 Å². The summed E-state index contributed by atoms with van der Waals surface area (Å²) in [6.07, 6.45) is 6.48. The van der Waals surface area contributed by atoms with Gasteiger partial charge in [0.25, 0.3) is 0 Å². The number of hydrogen-bond acceptors (Lipinski definition) is 0. The summed E-state index contributed by atoms with van der Waals surface area (Å²) >= 11 is 4.48. The molecule has 0 spiro atoms. The van der Waals surface area contributed by atoms with E-state index >= 15 is 0 Å². The summed E-state index contributed by atoms with van der Waals surface area (Å²) in [5.74, 6) is 0. The first kappa shape index (κ1) is 8.83. The molecule has 58 valence electrons. The van der Waals surface area contributed by atoms with Crippen LogP contribution in [0.25, 0.3) is 0 Å². The Morgan fingerprint density at radius 3 is 3.20 bits per heavy atom. The molecule has 1 unspecified atom stereocenters. The molecule has 2 heteroatoms. The van der Waals surface area contributed by atoms with Crippen molar-refractivity contribution in [2.45, 2.75) is 36.3 Å². The van der Waals surface area contributed by atoms with Gasteiger partial charge in [0, 0.05) is 0 Å². The van der Waals surface area contributed by atoms with Gasteiger partial charge in [-0.25, -0.2) is 0 Å². The molecule has 10 heavy (non-hydrogen) atoms. The molecule has 1 aliphatic carbocycles. The van der Waals surface area contributed by atoms with E-state index in [2.05, 4.69) is 28.9 Å². The molecule has 1 atom stereocenters. The van der Waals surface area contributed by atoms with E-state index in [-0.39, 0.29) is 0 Å². The fourth-order valence-corrected chi connectivity index (χ4v) is 4.15. The molecule has 0 aromatic carbocycles. The van der Waals surface area contributed by atoms with Crippen LogP contribution in [0.1, 0.15) is 26.2 Å². The van der Waals surface area contributed by atoms with Gasteiger partial charge in [0.1, 0.15) is 0 Å². The Kier molecular flexibility index (Phi) is 4.05. The van der Waals surface area contributed by atoms with E-state index in [1.165, 1.54) is 24.6 Å². The molecule has 0 fully saturated rings. The molecular formula is C8H13BrSe. The number of hydrogen-bond donors (Lipinski definition) is 0. The van der Waals surface area contributed by atoms with Crippen molar-refractivity contribution >= 4 is 30.9 Å². The van der Waals surface area contributed by atoms with E-state index in [1.54, 1.807) is 4.47 Å². The molecule has 0 aliphatic heterocycles. The first-order valence-electron chi connectivity index (χ1n) is 3.81. The summed E-state index contributed by atoms with van der Waals surface area (Å²) in [4.78, 5) is 0.723. The Morgan fingerprint density at radius 1 is 1.80 bits per heavy atom. The standard InChI is InChI=1S/C8H13BrSe/c1-2-10-8-6-4-3-5-7(8)9/h6-7H,2-5H2,1H3. The number of allylic oxidation sites excluding steroid dienone is 2. The number of alkyl halides is 1. The van der Waals surface area contributed by atoms with E-state index in [4.69, 9.17) is 0 Å². The molecule has 0 saturated carbocycles. The van der Waals surface area contributed by atoms with Gasteiger partial charge in [-0.3, -0.25) is 0 Å². The van der Waals surface area contributed by atoms with Gasteiger partial charge in [0.05, 0.1) is 0 Å². The Morgan fingerprint density at radius 2 is 2.60 bits per heavy atom. The zero-order valence-electron chi connectivity index (χ0n) is 6.27. The van der Waals surface area contributed by atoms with E-state index < -0.39 is 0 Å². The SMILES string of the molecule is CC[Se]C1=CCCCC1Br. The van der Waals surface area contributed by atoms with Crippen molar-refractivity contribution in [3.8, 4) is 0 Å². The van der Waals surface area contributed by atoms with E-state index in [0.717, 1.165) is 19.8 Å². The summed E-state index contributed by atoms with van der Waals surface area (Å²) in [5, 5.41) is 1.35. The summed E-state index contributed by atoms with van der Waals surface area (Å²) in [5.41, 5.74) is 0. The monoisotopic (exact) mass is 268 g/mol. The zero-order chi connectivity index (χ0) is 7.40. The van der Waals surface area contributed by atoms with Crippen molar-refractivity contribution in [1.29, 1.82) is 0 Å². The van der Waals surface area contributed by atoms with Crippen LogP contribution < -0.4 is 0 Å². The van der Waals surface area contributed by atoms with Crippen molar-refractivity contribution < 1.29 is 0 Å². The van der Waals surface area contributed by atoms with Crippen LogP contribution in [0, 0.1) is 0 Å². The molecule has 0 saturated heterocycles. The van der Waals surface area contributed by atoms with E-state index in [1.807, 2.05) is 0 Å². The molecule has 1 aliphatic rings. The minimum atomic E-state index is 0.723. The van der Waals surface area contributed by atoms with Crippen LogP contribution in [-0.4, -0.2) is 19.8 Å². The Bertz CT molecular complexity index is 131. The van der Waals surface area contributed by atoms with Gasteiger partial charge in [-0.1, -0.05) is 0 Å². The third-order valence-electron chi connectivity index (χ3n) is 1.63. The molecule has 0 aromatic heterocycles. The predicted octanol–water partition coefficient (Wildman–Crippen LogP) is 2.96.